The Morgan fingerprint density at radius 1 is 1.05 bits per heavy atom. The van der Waals surface area contributed by atoms with E-state index in [1.165, 1.54) is 0 Å². The van der Waals surface area contributed by atoms with Gasteiger partial charge in [-0.15, -0.1) is 0 Å². The second-order valence-electron chi connectivity index (χ2n) is 5.57. The Bertz CT molecular complexity index is 584. The number of benzene rings is 1. The van der Waals surface area contributed by atoms with E-state index in [1.54, 1.807) is 31.4 Å². The number of ether oxygens (including phenoxy) is 1. The molecule has 1 heterocycles. The van der Waals surface area contributed by atoms with E-state index in [-0.39, 0.29) is 23.1 Å². The molecule has 116 valence electrons. The van der Waals surface area contributed by atoms with Crippen molar-refractivity contribution in [2.24, 2.45) is 5.92 Å². The number of methoxy groups -OCH3 is 1. The first kappa shape index (κ1) is 14.7. The number of amides is 2. The zero-order valence-electron chi connectivity index (χ0n) is 12.3. The Morgan fingerprint density at radius 2 is 1.59 bits per heavy atom. The van der Waals surface area contributed by atoms with Crippen LogP contribution in [0.25, 0.3) is 0 Å². The van der Waals surface area contributed by atoms with Gasteiger partial charge in [-0.25, -0.2) is 4.79 Å². The van der Waals surface area contributed by atoms with Crippen molar-refractivity contribution in [1.82, 2.24) is 5.06 Å². The maximum Gasteiger partial charge on any atom is 0.336 e. The third-order valence-corrected chi connectivity index (χ3v) is 4.28. The second kappa shape index (κ2) is 5.88. The summed E-state index contributed by atoms with van der Waals surface area (Å²) >= 11 is 0. The summed E-state index contributed by atoms with van der Waals surface area (Å²) in [4.78, 5) is 41.5. The van der Waals surface area contributed by atoms with Gasteiger partial charge in [0.1, 0.15) is 0 Å². The highest BCUT2D eigenvalue weighted by molar-refractivity contribution is 6.20. The van der Waals surface area contributed by atoms with Gasteiger partial charge in [-0.3, -0.25) is 9.59 Å². The van der Waals surface area contributed by atoms with Gasteiger partial charge >= 0.3 is 5.97 Å². The summed E-state index contributed by atoms with van der Waals surface area (Å²) in [6, 6.07) is 6.43. The Hall–Kier alpha value is -2.21. The van der Waals surface area contributed by atoms with E-state index < -0.39 is 17.8 Å². The van der Waals surface area contributed by atoms with Gasteiger partial charge in [0.2, 0.25) is 0 Å². The molecule has 1 saturated carbocycles. The lowest BCUT2D eigenvalue weighted by molar-refractivity contribution is -0.175. The fraction of sp³-hybridized carbons (Fsp3) is 0.438. The van der Waals surface area contributed by atoms with Crippen molar-refractivity contribution >= 4 is 17.8 Å². The first-order valence-electron chi connectivity index (χ1n) is 7.34. The lowest BCUT2D eigenvalue weighted by atomic mass is 9.87. The molecule has 6 nitrogen and oxygen atoms in total. The summed E-state index contributed by atoms with van der Waals surface area (Å²) in [5.74, 6) is -1.99. The number of fused-ring (bicyclic) bond motifs is 1. The van der Waals surface area contributed by atoms with E-state index in [0.717, 1.165) is 12.8 Å². The lowest BCUT2D eigenvalue weighted by Gasteiger charge is -2.26. The molecule has 6 heteroatoms. The Morgan fingerprint density at radius 3 is 2.09 bits per heavy atom. The van der Waals surface area contributed by atoms with Gasteiger partial charge in [0, 0.05) is 7.11 Å². The number of imide groups is 1. The Labute approximate surface area is 127 Å². The number of hydrogen-bond acceptors (Lipinski definition) is 5. The highest BCUT2D eigenvalue weighted by Crippen LogP contribution is 2.29. The van der Waals surface area contributed by atoms with Crippen LogP contribution in [0.2, 0.25) is 0 Å². The summed E-state index contributed by atoms with van der Waals surface area (Å²) < 4.78 is 5.26. The number of rotatable bonds is 3. The fourth-order valence-electron chi connectivity index (χ4n) is 2.95. The van der Waals surface area contributed by atoms with Crippen molar-refractivity contribution in [2.75, 3.05) is 7.11 Å². The van der Waals surface area contributed by atoms with E-state index in [9.17, 15) is 14.4 Å². The number of carbonyl (C=O) groups excluding carboxylic acids is 3. The van der Waals surface area contributed by atoms with Crippen LogP contribution >= 0.6 is 0 Å². The zero-order valence-corrected chi connectivity index (χ0v) is 12.3. The number of nitrogens with zero attached hydrogens (tertiary/aromatic N) is 1. The summed E-state index contributed by atoms with van der Waals surface area (Å²) in [5, 5.41) is 0.579. The topological polar surface area (TPSA) is 72.9 Å². The summed E-state index contributed by atoms with van der Waals surface area (Å²) in [6.07, 6.45) is 3.00. The minimum Gasteiger partial charge on any atom is -0.381 e. The quantitative estimate of drug-likeness (QED) is 0.798. The van der Waals surface area contributed by atoms with Crippen LogP contribution in [0, 0.1) is 5.92 Å². The smallest absolute Gasteiger partial charge is 0.336 e. The molecule has 0 bridgehead atoms. The molecule has 1 aromatic carbocycles. The molecule has 0 spiro atoms. The molecule has 0 N–H and O–H groups in total. The van der Waals surface area contributed by atoms with Gasteiger partial charge < -0.3 is 9.57 Å². The van der Waals surface area contributed by atoms with Gasteiger partial charge in [-0.1, -0.05) is 17.2 Å². The molecule has 0 atom stereocenters. The predicted octanol–water partition coefficient (Wildman–Crippen LogP) is 1.95. The van der Waals surface area contributed by atoms with Crippen LogP contribution in [0.3, 0.4) is 0 Å². The normalized spacial score (nSPS) is 24.3. The largest absolute Gasteiger partial charge is 0.381 e. The van der Waals surface area contributed by atoms with Crippen LogP contribution in [-0.2, 0) is 14.4 Å². The van der Waals surface area contributed by atoms with Crippen LogP contribution in [0.5, 0.6) is 0 Å². The molecule has 1 aliphatic heterocycles. The van der Waals surface area contributed by atoms with E-state index >= 15 is 0 Å². The van der Waals surface area contributed by atoms with Crippen molar-refractivity contribution in [3.05, 3.63) is 35.4 Å². The predicted molar refractivity (Wildman–Crippen MR) is 75.8 cm³/mol. The Balaban J connectivity index is 1.66. The van der Waals surface area contributed by atoms with E-state index in [4.69, 9.17) is 9.57 Å². The fourth-order valence-corrected chi connectivity index (χ4v) is 2.95. The summed E-state index contributed by atoms with van der Waals surface area (Å²) in [7, 11) is 1.65. The van der Waals surface area contributed by atoms with E-state index in [0.29, 0.717) is 17.9 Å². The van der Waals surface area contributed by atoms with Crippen LogP contribution in [0.1, 0.15) is 46.4 Å². The van der Waals surface area contributed by atoms with Gasteiger partial charge in [-0.05, 0) is 37.8 Å². The third kappa shape index (κ3) is 2.50. The zero-order chi connectivity index (χ0) is 15.7. The minimum atomic E-state index is -0.584. The van der Waals surface area contributed by atoms with Crippen LogP contribution in [-0.4, -0.2) is 36.1 Å². The molecule has 1 aromatic rings. The maximum atomic E-state index is 12.2. The first-order chi connectivity index (χ1) is 10.6. The van der Waals surface area contributed by atoms with Crippen molar-refractivity contribution < 1.29 is 24.0 Å². The van der Waals surface area contributed by atoms with Crippen molar-refractivity contribution in [2.45, 2.75) is 31.8 Å². The van der Waals surface area contributed by atoms with E-state index in [1.807, 2.05) is 0 Å². The van der Waals surface area contributed by atoms with Crippen LogP contribution < -0.4 is 0 Å². The molecule has 0 aromatic heterocycles. The summed E-state index contributed by atoms with van der Waals surface area (Å²) in [5.41, 5.74) is 0.534. The molecule has 3 rings (SSSR count). The van der Waals surface area contributed by atoms with Crippen LogP contribution in [0.4, 0.5) is 0 Å². The standard InChI is InChI=1S/C16H17NO5/c1-21-11-8-6-10(7-9-11)16(20)22-17-14(18)12-4-2-3-5-13(12)15(17)19/h2-5,10-11H,6-9H2,1H3. The highest BCUT2D eigenvalue weighted by Gasteiger charge is 2.40. The first-order valence-corrected chi connectivity index (χ1v) is 7.34. The third-order valence-electron chi connectivity index (χ3n) is 4.28. The molecule has 22 heavy (non-hydrogen) atoms. The highest BCUT2D eigenvalue weighted by atomic mass is 16.7. The van der Waals surface area contributed by atoms with Crippen molar-refractivity contribution in [1.29, 1.82) is 0 Å². The average Bonchev–Trinajstić information content (AvgIpc) is 2.80. The molecular weight excluding hydrogens is 286 g/mol. The molecule has 0 saturated heterocycles. The number of carbonyl (C=O) groups is 3. The van der Waals surface area contributed by atoms with Gasteiger partial charge in [-0.2, -0.15) is 0 Å². The average molecular weight is 303 g/mol. The molecule has 1 fully saturated rings. The minimum absolute atomic E-state index is 0.170. The molecule has 2 aliphatic rings. The lowest BCUT2D eigenvalue weighted by Crippen LogP contribution is -2.36. The molecular formula is C16H17NO5. The van der Waals surface area contributed by atoms with Crippen molar-refractivity contribution in [3.63, 3.8) is 0 Å². The van der Waals surface area contributed by atoms with Gasteiger partial charge in [0.05, 0.1) is 23.1 Å². The van der Waals surface area contributed by atoms with E-state index in [2.05, 4.69) is 0 Å². The second-order valence-corrected chi connectivity index (χ2v) is 5.57. The van der Waals surface area contributed by atoms with Gasteiger partial charge in [0.15, 0.2) is 0 Å². The number of hydroxylamine groups is 2. The van der Waals surface area contributed by atoms with Crippen molar-refractivity contribution in [3.8, 4) is 0 Å². The Kier molecular flexibility index (Phi) is 3.94. The molecule has 1 aliphatic carbocycles. The monoisotopic (exact) mass is 303 g/mol. The maximum absolute atomic E-state index is 12.2. The molecule has 0 unspecified atom stereocenters. The molecule has 2 amide bonds. The van der Waals surface area contributed by atoms with Crippen LogP contribution in [0.15, 0.2) is 24.3 Å². The number of hydrogen-bond donors (Lipinski definition) is 0. The van der Waals surface area contributed by atoms with Gasteiger partial charge in [0.25, 0.3) is 11.8 Å². The summed E-state index contributed by atoms with van der Waals surface area (Å²) in [6.45, 7) is 0. The SMILES string of the molecule is COC1CCC(C(=O)ON2C(=O)c3ccccc3C2=O)CC1. The molecule has 0 radical (unpaired) electrons.